The lowest BCUT2D eigenvalue weighted by Gasteiger charge is -2.09. The van der Waals surface area contributed by atoms with Crippen LogP contribution >= 0.6 is 0 Å². The highest BCUT2D eigenvalue weighted by atomic mass is 16.5. The van der Waals surface area contributed by atoms with Crippen LogP contribution < -0.4 is 5.32 Å². The molecule has 3 heteroatoms. The normalized spacial score (nSPS) is 10.8. The fourth-order valence-corrected chi connectivity index (χ4v) is 1.69. The summed E-state index contributed by atoms with van der Waals surface area (Å²) in [5.74, 6) is 0. The van der Waals surface area contributed by atoms with Crippen LogP contribution in [0.1, 0.15) is 23.1 Å². The van der Waals surface area contributed by atoms with Gasteiger partial charge in [-0.05, 0) is 43.5 Å². The smallest absolute Gasteiger partial charge is 0.0697 e. The van der Waals surface area contributed by atoms with Gasteiger partial charge in [0, 0.05) is 13.2 Å². The molecule has 0 spiro atoms. The average Bonchev–Trinajstić information content (AvgIpc) is 2.33. The third kappa shape index (κ3) is 5.31. The lowest BCUT2D eigenvalue weighted by atomic mass is 10.0. The van der Waals surface area contributed by atoms with Crippen molar-refractivity contribution >= 4 is 0 Å². The van der Waals surface area contributed by atoms with Crippen molar-refractivity contribution in [3.63, 3.8) is 0 Å². The summed E-state index contributed by atoms with van der Waals surface area (Å²) in [6.45, 7) is 7.41. The molecular formula is C14H23NO2. The van der Waals surface area contributed by atoms with Crippen molar-refractivity contribution in [3.8, 4) is 0 Å². The van der Waals surface area contributed by atoms with Crippen LogP contribution in [0.4, 0.5) is 0 Å². The highest BCUT2D eigenvalue weighted by Gasteiger charge is 1.99. The number of hydrogen-bond acceptors (Lipinski definition) is 3. The van der Waals surface area contributed by atoms with Crippen molar-refractivity contribution < 1.29 is 9.84 Å². The second-order valence-corrected chi connectivity index (χ2v) is 4.23. The molecule has 0 aromatic heterocycles. The highest BCUT2D eigenvalue weighted by molar-refractivity contribution is 5.32. The Morgan fingerprint density at radius 2 is 2.06 bits per heavy atom. The van der Waals surface area contributed by atoms with Gasteiger partial charge in [-0.3, -0.25) is 0 Å². The lowest BCUT2D eigenvalue weighted by Crippen LogP contribution is -2.17. The minimum atomic E-state index is 0.107. The van der Waals surface area contributed by atoms with E-state index in [9.17, 15) is 0 Å². The molecular weight excluding hydrogens is 214 g/mol. The van der Waals surface area contributed by atoms with Crippen LogP contribution in [-0.4, -0.2) is 31.5 Å². The van der Waals surface area contributed by atoms with E-state index in [0.29, 0.717) is 13.2 Å². The summed E-state index contributed by atoms with van der Waals surface area (Å²) in [7, 11) is 0. The summed E-state index contributed by atoms with van der Waals surface area (Å²) in [6.07, 6.45) is 0.977. The van der Waals surface area contributed by atoms with Gasteiger partial charge in [-0.2, -0.15) is 0 Å². The zero-order chi connectivity index (χ0) is 12.5. The molecule has 0 amide bonds. The Bertz CT molecular complexity index is 326. The molecule has 96 valence electrons. The Hall–Kier alpha value is -0.900. The maximum absolute atomic E-state index is 8.53. The molecule has 0 heterocycles. The summed E-state index contributed by atoms with van der Waals surface area (Å²) >= 11 is 0. The maximum atomic E-state index is 8.53. The van der Waals surface area contributed by atoms with Crippen molar-refractivity contribution in [2.24, 2.45) is 0 Å². The van der Waals surface area contributed by atoms with Gasteiger partial charge in [0.05, 0.1) is 13.2 Å². The number of benzene rings is 1. The van der Waals surface area contributed by atoms with Crippen molar-refractivity contribution in [3.05, 3.63) is 34.9 Å². The largest absolute Gasteiger partial charge is 0.394 e. The van der Waals surface area contributed by atoms with E-state index in [2.05, 4.69) is 37.4 Å². The van der Waals surface area contributed by atoms with Gasteiger partial charge < -0.3 is 15.2 Å². The fraction of sp³-hybridized carbons (Fsp3) is 0.571. The first-order chi connectivity index (χ1) is 8.25. The van der Waals surface area contributed by atoms with Crippen molar-refractivity contribution in [1.82, 2.24) is 5.32 Å². The molecule has 3 nitrogen and oxygen atoms in total. The van der Waals surface area contributed by atoms with E-state index in [1.165, 1.54) is 16.7 Å². The first kappa shape index (κ1) is 14.2. The molecule has 0 bridgehead atoms. The number of aliphatic hydroxyl groups is 1. The van der Waals surface area contributed by atoms with Crippen LogP contribution in [0.15, 0.2) is 18.2 Å². The van der Waals surface area contributed by atoms with E-state index in [1.807, 2.05) is 0 Å². The van der Waals surface area contributed by atoms with Gasteiger partial charge in [0.25, 0.3) is 0 Å². The van der Waals surface area contributed by atoms with E-state index in [1.54, 1.807) is 0 Å². The average molecular weight is 237 g/mol. The zero-order valence-corrected chi connectivity index (χ0v) is 10.8. The molecule has 0 radical (unpaired) electrons. The summed E-state index contributed by atoms with van der Waals surface area (Å²) in [6, 6.07) is 6.41. The topological polar surface area (TPSA) is 41.5 Å². The number of aryl methyl sites for hydroxylation is 1. The van der Waals surface area contributed by atoms with E-state index in [4.69, 9.17) is 9.84 Å². The van der Waals surface area contributed by atoms with Gasteiger partial charge in [0.15, 0.2) is 0 Å². The van der Waals surface area contributed by atoms with Crippen LogP contribution in [-0.2, 0) is 11.3 Å². The molecule has 0 saturated carbocycles. The highest BCUT2D eigenvalue weighted by Crippen LogP contribution is 2.11. The Labute approximate surface area is 104 Å². The molecule has 1 aromatic carbocycles. The molecule has 1 rings (SSSR count). The summed E-state index contributed by atoms with van der Waals surface area (Å²) < 4.78 is 5.19. The van der Waals surface area contributed by atoms with Crippen LogP contribution in [0.3, 0.4) is 0 Å². The number of ether oxygens (including phenoxy) is 1. The maximum Gasteiger partial charge on any atom is 0.0697 e. The Balaban J connectivity index is 2.16. The van der Waals surface area contributed by atoms with Gasteiger partial charge in [-0.1, -0.05) is 18.2 Å². The predicted molar refractivity (Wildman–Crippen MR) is 70.1 cm³/mol. The minimum absolute atomic E-state index is 0.107. The molecule has 0 atom stereocenters. The minimum Gasteiger partial charge on any atom is -0.394 e. The number of aliphatic hydroxyl groups excluding tert-OH is 1. The third-order valence-electron chi connectivity index (χ3n) is 2.91. The van der Waals surface area contributed by atoms with Crippen LogP contribution in [0.25, 0.3) is 0 Å². The summed E-state index contributed by atoms with van der Waals surface area (Å²) in [5, 5.41) is 11.9. The number of rotatable bonds is 8. The monoisotopic (exact) mass is 237 g/mol. The fourth-order valence-electron chi connectivity index (χ4n) is 1.69. The predicted octanol–water partition coefficient (Wildman–Crippen LogP) is 1.79. The zero-order valence-electron chi connectivity index (χ0n) is 10.8. The molecule has 0 aliphatic carbocycles. The second kappa shape index (κ2) is 8.23. The van der Waals surface area contributed by atoms with Gasteiger partial charge >= 0.3 is 0 Å². The molecule has 1 aromatic rings. The first-order valence-electron chi connectivity index (χ1n) is 6.20. The van der Waals surface area contributed by atoms with Gasteiger partial charge in [-0.15, -0.1) is 0 Å². The lowest BCUT2D eigenvalue weighted by molar-refractivity contribution is 0.0907. The third-order valence-corrected chi connectivity index (χ3v) is 2.91. The van der Waals surface area contributed by atoms with E-state index >= 15 is 0 Å². The molecule has 17 heavy (non-hydrogen) atoms. The standard InChI is InChI=1S/C14H23NO2/c1-12-5-3-6-14(13(12)2)11-15-7-4-9-17-10-8-16/h3,5-6,15-16H,4,7-11H2,1-2H3. The van der Waals surface area contributed by atoms with Gasteiger partial charge in [-0.25, -0.2) is 0 Å². The van der Waals surface area contributed by atoms with Crippen LogP contribution in [0, 0.1) is 13.8 Å². The van der Waals surface area contributed by atoms with E-state index < -0.39 is 0 Å². The van der Waals surface area contributed by atoms with Gasteiger partial charge in [0.1, 0.15) is 0 Å². The number of hydrogen-bond donors (Lipinski definition) is 2. The number of nitrogens with one attached hydrogen (secondary N) is 1. The molecule has 0 aliphatic rings. The molecule has 0 saturated heterocycles. The van der Waals surface area contributed by atoms with E-state index in [-0.39, 0.29) is 6.61 Å². The second-order valence-electron chi connectivity index (χ2n) is 4.23. The molecule has 0 aliphatic heterocycles. The molecule has 0 unspecified atom stereocenters. The Morgan fingerprint density at radius 1 is 1.24 bits per heavy atom. The molecule has 0 fully saturated rings. The van der Waals surface area contributed by atoms with Crippen LogP contribution in [0.5, 0.6) is 0 Å². The quantitative estimate of drug-likeness (QED) is 0.677. The van der Waals surface area contributed by atoms with Crippen molar-refractivity contribution in [2.75, 3.05) is 26.4 Å². The Morgan fingerprint density at radius 3 is 2.82 bits per heavy atom. The molecule has 2 N–H and O–H groups in total. The van der Waals surface area contributed by atoms with Crippen LogP contribution in [0.2, 0.25) is 0 Å². The summed E-state index contributed by atoms with van der Waals surface area (Å²) in [5.41, 5.74) is 4.08. The van der Waals surface area contributed by atoms with Crippen molar-refractivity contribution in [2.45, 2.75) is 26.8 Å². The SMILES string of the molecule is Cc1cccc(CNCCCOCCO)c1C. The summed E-state index contributed by atoms with van der Waals surface area (Å²) in [4.78, 5) is 0. The first-order valence-corrected chi connectivity index (χ1v) is 6.20. The van der Waals surface area contributed by atoms with Crippen molar-refractivity contribution in [1.29, 1.82) is 0 Å². The Kier molecular flexibility index (Phi) is 6.86. The van der Waals surface area contributed by atoms with E-state index in [0.717, 1.165) is 19.5 Å². The van der Waals surface area contributed by atoms with Gasteiger partial charge in [0.2, 0.25) is 0 Å².